The highest BCUT2D eigenvalue weighted by atomic mass is 16.5. The average Bonchev–Trinajstić information content (AvgIpc) is 2.18. The summed E-state index contributed by atoms with van der Waals surface area (Å²) < 4.78 is 5.66. The number of carboxylic acid groups (broad SMARTS) is 1. The molecule has 0 saturated carbocycles. The standard InChI is InChI=1S/C13H19NO3/c1-13(2,3)17-10-7-5-9(6-8-10)11(14-4)12(15)16/h5-8,11,14H,1-4H3,(H,15,16). The number of ether oxygens (including phenoxy) is 1. The van der Waals surface area contributed by atoms with Crippen LogP contribution in [0.3, 0.4) is 0 Å². The van der Waals surface area contributed by atoms with Crippen molar-refractivity contribution in [3.05, 3.63) is 29.8 Å². The van der Waals surface area contributed by atoms with E-state index in [0.717, 1.165) is 5.75 Å². The van der Waals surface area contributed by atoms with E-state index in [4.69, 9.17) is 9.84 Å². The number of aliphatic carboxylic acids is 1. The lowest BCUT2D eigenvalue weighted by molar-refractivity contribution is -0.139. The topological polar surface area (TPSA) is 58.6 Å². The summed E-state index contributed by atoms with van der Waals surface area (Å²) in [6, 6.07) is 6.41. The molecule has 0 spiro atoms. The first-order chi connectivity index (χ1) is 7.83. The number of carbonyl (C=O) groups is 1. The van der Waals surface area contributed by atoms with Crippen molar-refractivity contribution in [2.45, 2.75) is 32.4 Å². The minimum absolute atomic E-state index is 0.253. The SMILES string of the molecule is CNC(C(=O)O)c1ccc(OC(C)(C)C)cc1. The third kappa shape index (κ3) is 4.07. The van der Waals surface area contributed by atoms with E-state index < -0.39 is 12.0 Å². The number of rotatable bonds is 4. The normalized spacial score (nSPS) is 13.2. The van der Waals surface area contributed by atoms with Gasteiger partial charge in [0.1, 0.15) is 17.4 Å². The molecule has 4 heteroatoms. The maximum absolute atomic E-state index is 11.0. The second kappa shape index (κ2) is 5.19. The molecule has 0 radical (unpaired) electrons. The molecule has 1 aromatic carbocycles. The molecule has 0 amide bonds. The lowest BCUT2D eigenvalue weighted by Crippen LogP contribution is -2.25. The molecule has 1 unspecified atom stereocenters. The van der Waals surface area contributed by atoms with Gasteiger partial charge in [-0.15, -0.1) is 0 Å². The lowest BCUT2D eigenvalue weighted by atomic mass is 10.1. The predicted octanol–water partition coefficient (Wildman–Crippen LogP) is 2.21. The van der Waals surface area contributed by atoms with Gasteiger partial charge >= 0.3 is 5.97 Å². The van der Waals surface area contributed by atoms with Gasteiger partial charge in [0.2, 0.25) is 0 Å². The van der Waals surface area contributed by atoms with Gasteiger partial charge in [0.25, 0.3) is 0 Å². The van der Waals surface area contributed by atoms with Crippen LogP contribution in [0.2, 0.25) is 0 Å². The molecular formula is C13H19NO3. The van der Waals surface area contributed by atoms with Gasteiger partial charge in [-0.1, -0.05) is 12.1 Å². The summed E-state index contributed by atoms with van der Waals surface area (Å²) in [5.41, 5.74) is 0.456. The minimum Gasteiger partial charge on any atom is -0.488 e. The zero-order valence-electron chi connectivity index (χ0n) is 10.7. The van der Waals surface area contributed by atoms with Crippen LogP contribution in [0.25, 0.3) is 0 Å². The summed E-state index contributed by atoms with van der Waals surface area (Å²) in [4.78, 5) is 11.0. The summed E-state index contributed by atoms with van der Waals surface area (Å²) in [5.74, 6) is -0.154. The molecule has 94 valence electrons. The lowest BCUT2D eigenvalue weighted by Gasteiger charge is -2.21. The number of hydrogen-bond donors (Lipinski definition) is 2. The highest BCUT2D eigenvalue weighted by molar-refractivity contribution is 5.75. The smallest absolute Gasteiger partial charge is 0.325 e. The maximum atomic E-state index is 11.0. The minimum atomic E-state index is -0.892. The van der Waals surface area contributed by atoms with E-state index in [0.29, 0.717) is 5.56 Å². The Labute approximate surface area is 102 Å². The van der Waals surface area contributed by atoms with Crippen LogP contribution in [-0.4, -0.2) is 23.7 Å². The molecule has 0 aliphatic carbocycles. The predicted molar refractivity (Wildman–Crippen MR) is 66.3 cm³/mol. The molecule has 0 heterocycles. The Hall–Kier alpha value is -1.55. The molecule has 4 nitrogen and oxygen atoms in total. The zero-order valence-corrected chi connectivity index (χ0v) is 10.7. The highest BCUT2D eigenvalue weighted by Crippen LogP contribution is 2.21. The van der Waals surface area contributed by atoms with Crippen molar-refractivity contribution in [1.82, 2.24) is 5.32 Å². The zero-order chi connectivity index (χ0) is 13.1. The number of carboxylic acids is 1. The average molecular weight is 237 g/mol. The van der Waals surface area contributed by atoms with Crippen LogP contribution in [0.4, 0.5) is 0 Å². The molecule has 0 aromatic heterocycles. The van der Waals surface area contributed by atoms with Crippen molar-refractivity contribution in [3.63, 3.8) is 0 Å². The third-order valence-electron chi connectivity index (χ3n) is 2.17. The van der Waals surface area contributed by atoms with E-state index in [2.05, 4.69) is 5.32 Å². The third-order valence-corrected chi connectivity index (χ3v) is 2.17. The second-order valence-electron chi connectivity index (χ2n) is 4.84. The molecule has 1 atom stereocenters. The first-order valence-electron chi connectivity index (χ1n) is 5.52. The van der Waals surface area contributed by atoms with Crippen LogP contribution in [0.15, 0.2) is 24.3 Å². The number of nitrogens with one attached hydrogen (secondary N) is 1. The van der Waals surface area contributed by atoms with Crippen LogP contribution in [0, 0.1) is 0 Å². The van der Waals surface area contributed by atoms with Crippen LogP contribution < -0.4 is 10.1 Å². The van der Waals surface area contributed by atoms with Gasteiger partial charge in [0.15, 0.2) is 0 Å². The molecule has 0 fully saturated rings. The van der Waals surface area contributed by atoms with E-state index in [-0.39, 0.29) is 5.60 Å². The molecule has 1 aromatic rings. The van der Waals surface area contributed by atoms with E-state index in [9.17, 15) is 4.79 Å². The van der Waals surface area contributed by atoms with Crippen LogP contribution >= 0.6 is 0 Å². The Morgan fingerprint density at radius 1 is 1.29 bits per heavy atom. The van der Waals surface area contributed by atoms with E-state index in [1.165, 1.54) is 0 Å². The van der Waals surface area contributed by atoms with Gasteiger partial charge in [-0.05, 0) is 45.5 Å². The second-order valence-corrected chi connectivity index (χ2v) is 4.84. The first kappa shape index (κ1) is 13.5. The summed E-state index contributed by atoms with van der Waals surface area (Å²) in [6.07, 6.45) is 0. The van der Waals surface area contributed by atoms with Gasteiger partial charge in [0, 0.05) is 0 Å². The van der Waals surface area contributed by atoms with Crippen LogP contribution in [-0.2, 0) is 4.79 Å². The van der Waals surface area contributed by atoms with Crippen molar-refractivity contribution in [3.8, 4) is 5.75 Å². The Kier molecular flexibility index (Phi) is 4.12. The van der Waals surface area contributed by atoms with Crippen molar-refractivity contribution < 1.29 is 14.6 Å². The molecule has 1 rings (SSSR count). The van der Waals surface area contributed by atoms with Gasteiger partial charge in [-0.2, -0.15) is 0 Å². The van der Waals surface area contributed by atoms with Gasteiger partial charge < -0.3 is 15.2 Å². The Balaban J connectivity index is 2.84. The van der Waals surface area contributed by atoms with E-state index >= 15 is 0 Å². The molecular weight excluding hydrogens is 218 g/mol. The van der Waals surface area contributed by atoms with E-state index in [1.54, 1.807) is 31.3 Å². The highest BCUT2D eigenvalue weighted by Gasteiger charge is 2.17. The van der Waals surface area contributed by atoms with Crippen molar-refractivity contribution in [2.24, 2.45) is 0 Å². The number of hydrogen-bond acceptors (Lipinski definition) is 3. The first-order valence-corrected chi connectivity index (χ1v) is 5.52. The monoisotopic (exact) mass is 237 g/mol. The van der Waals surface area contributed by atoms with Gasteiger partial charge in [-0.3, -0.25) is 4.79 Å². The Morgan fingerprint density at radius 3 is 2.18 bits per heavy atom. The summed E-state index contributed by atoms with van der Waals surface area (Å²) >= 11 is 0. The Bertz CT molecular complexity index is 379. The quantitative estimate of drug-likeness (QED) is 0.843. The molecule has 0 saturated heterocycles. The van der Waals surface area contributed by atoms with Crippen molar-refractivity contribution in [1.29, 1.82) is 0 Å². The van der Waals surface area contributed by atoms with Crippen molar-refractivity contribution >= 4 is 5.97 Å². The largest absolute Gasteiger partial charge is 0.488 e. The fourth-order valence-corrected chi connectivity index (χ4v) is 1.51. The van der Waals surface area contributed by atoms with E-state index in [1.807, 2.05) is 20.8 Å². The molecule has 0 aliphatic heterocycles. The summed E-state index contributed by atoms with van der Waals surface area (Å²) in [5, 5.41) is 11.7. The summed E-state index contributed by atoms with van der Waals surface area (Å²) in [6.45, 7) is 5.90. The number of benzene rings is 1. The molecule has 0 aliphatic rings. The summed E-state index contributed by atoms with van der Waals surface area (Å²) in [7, 11) is 1.62. The van der Waals surface area contributed by atoms with Crippen LogP contribution in [0.1, 0.15) is 32.4 Å². The molecule has 17 heavy (non-hydrogen) atoms. The van der Waals surface area contributed by atoms with Gasteiger partial charge in [-0.25, -0.2) is 0 Å². The number of likely N-dealkylation sites (N-methyl/N-ethyl adjacent to an activating group) is 1. The fraction of sp³-hybridized carbons (Fsp3) is 0.462. The molecule has 0 bridgehead atoms. The maximum Gasteiger partial charge on any atom is 0.325 e. The van der Waals surface area contributed by atoms with Gasteiger partial charge in [0.05, 0.1) is 0 Å². The fourth-order valence-electron chi connectivity index (χ4n) is 1.51. The molecule has 2 N–H and O–H groups in total. The van der Waals surface area contributed by atoms with Crippen LogP contribution in [0.5, 0.6) is 5.75 Å². The Morgan fingerprint density at radius 2 is 1.82 bits per heavy atom. The van der Waals surface area contributed by atoms with Crippen molar-refractivity contribution in [2.75, 3.05) is 7.05 Å².